The number of methoxy groups -OCH3 is 1. The van der Waals surface area contributed by atoms with Crippen LogP contribution in [-0.2, 0) is 6.42 Å². The van der Waals surface area contributed by atoms with Gasteiger partial charge in [0.05, 0.1) is 12.8 Å². The van der Waals surface area contributed by atoms with Crippen LogP contribution in [0.1, 0.15) is 66.7 Å². The molecule has 0 amide bonds. The minimum absolute atomic E-state index is 0.0603. The van der Waals surface area contributed by atoms with Crippen LogP contribution in [0, 0.1) is 0 Å². The SMILES string of the molecule is COc1ccc(C2c3[nH]c4ccc(Br)cc4c3Cc3c(O)n(C4CCCCC4)c(=O)n32)cc1. The van der Waals surface area contributed by atoms with Crippen LogP contribution in [0.15, 0.2) is 51.7 Å². The number of nitrogens with zero attached hydrogens (tertiary/aromatic N) is 2. The molecular formula is C26H26BrN3O3. The highest BCUT2D eigenvalue weighted by atomic mass is 79.9. The molecule has 0 bridgehead atoms. The number of fused-ring (bicyclic) bond motifs is 4. The van der Waals surface area contributed by atoms with Crippen molar-refractivity contribution in [2.45, 2.75) is 50.6 Å². The number of imidazole rings is 1. The number of hydrogen-bond donors (Lipinski definition) is 2. The van der Waals surface area contributed by atoms with Crippen LogP contribution in [0.4, 0.5) is 0 Å². The number of aromatic nitrogens is 3. The Morgan fingerprint density at radius 1 is 1.06 bits per heavy atom. The summed E-state index contributed by atoms with van der Waals surface area (Å²) in [5.41, 5.74) is 4.71. The van der Waals surface area contributed by atoms with Gasteiger partial charge in [-0.2, -0.15) is 0 Å². The topological polar surface area (TPSA) is 72.2 Å². The number of rotatable bonds is 3. The van der Waals surface area contributed by atoms with Crippen molar-refractivity contribution in [1.29, 1.82) is 0 Å². The van der Waals surface area contributed by atoms with E-state index in [4.69, 9.17) is 4.74 Å². The molecule has 2 aromatic carbocycles. The zero-order valence-corrected chi connectivity index (χ0v) is 20.1. The minimum atomic E-state index is -0.343. The van der Waals surface area contributed by atoms with Gasteiger partial charge >= 0.3 is 5.69 Å². The van der Waals surface area contributed by atoms with E-state index in [9.17, 15) is 9.90 Å². The molecule has 170 valence electrons. The van der Waals surface area contributed by atoms with E-state index in [-0.39, 0.29) is 23.7 Å². The van der Waals surface area contributed by atoms with Gasteiger partial charge in [-0.3, -0.25) is 9.13 Å². The van der Waals surface area contributed by atoms with E-state index < -0.39 is 0 Å². The smallest absolute Gasteiger partial charge is 0.332 e. The maximum absolute atomic E-state index is 13.8. The Morgan fingerprint density at radius 3 is 2.55 bits per heavy atom. The summed E-state index contributed by atoms with van der Waals surface area (Å²) < 4.78 is 9.83. The maximum Gasteiger partial charge on any atom is 0.332 e. The molecule has 6 nitrogen and oxygen atoms in total. The maximum atomic E-state index is 13.8. The van der Waals surface area contributed by atoms with Crippen LogP contribution in [0.5, 0.6) is 11.6 Å². The van der Waals surface area contributed by atoms with Gasteiger partial charge in [0.2, 0.25) is 5.88 Å². The Kier molecular flexibility index (Phi) is 4.91. The monoisotopic (exact) mass is 507 g/mol. The summed E-state index contributed by atoms with van der Waals surface area (Å²) >= 11 is 3.60. The van der Waals surface area contributed by atoms with E-state index in [1.807, 2.05) is 30.3 Å². The van der Waals surface area contributed by atoms with Gasteiger partial charge < -0.3 is 14.8 Å². The van der Waals surface area contributed by atoms with Crippen molar-refractivity contribution in [2.24, 2.45) is 0 Å². The molecule has 1 fully saturated rings. The van der Waals surface area contributed by atoms with Crippen molar-refractivity contribution >= 4 is 26.8 Å². The summed E-state index contributed by atoms with van der Waals surface area (Å²) in [6.07, 6.45) is 5.77. The molecule has 2 aliphatic rings. The fourth-order valence-electron chi connectivity index (χ4n) is 5.73. The third-order valence-corrected chi connectivity index (χ3v) is 7.83. The van der Waals surface area contributed by atoms with Crippen molar-refractivity contribution in [3.05, 3.63) is 79.9 Å². The van der Waals surface area contributed by atoms with E-state index in [0.717, 1.165) is 63.6 Å². The summed E-state index contributed by atoms with van der Waals surface area (Å²) in [6.45, 7) is 0. The Bertz CT molecular complexity index is 1410. The van der Waals surface area contributed by atoms with Crippen molar-refractivity contribution < 1.29 is 9.84 Å². The number of H-pyrrole nitrogens is 1. The fraction of sp³-hybridized carbons (Fsp3) is 0.346. The van der Waals surface area contributed by atoms with Crippen LogP contribution >= 0.6 is 15.9 Å². The van der Waals surface area contributed by atoms with Crippen LogP contribution < -0.4 is 10.4 Å². The lowest BCUT2D eigenvalue weighted by molar-refractivity contribution is 0.306. The highest BCUT2D eigenvalue weighted by Crippen LogP contribution is 2.43. The number of benzene rings is 2. The van der Waals surface area contributed by atoms with E-state index in [1.54, 1.807) is 16.2 Å². The quantitative estimate of drug-likeness (QED) is 0.331. The average molecular weight is 508 g/mol. The molecule has 0 spiro atoms. The average Bonchev–Trinajstić information content (AvgIpc) is 3.32. The third kappa shape index (κ3) is 3.16. The lowest BCUT2D eigenvalue weighted by atomic mass is 9.93. The number of halogens is 1. The standard InChI is InChI=1S/C26H26BrN3O3/c1-33-18-10-7-15(8-11-18)24-23-20(19-13-16(27)9-12-21(19)28-23)14-22-25(31)29(26(32)30(22)24)17-5-3-2-4-6-17/h7-13,17,24,28,31H,2-6,14H2,1H3. The molecule has 33 heavy (non-hydrogen) atoms. The predicted octanol–water partition coefficient (Wildman–Crippen LogP) is 5.65. The molecule has 1 saturated carbocycles. The molecular weight excluding hydrogens is 482 g/mol. The van der Waals surface area contributed by atoms with Crippen LogP contribution in [0.3, 0.4) is 0 Å². The van der Waals surface area contributed by atoms with Crippen LogP contribution in [0.25, 0.3) is 10.9 Å². The van der Waals surface area contributed by atoms with Crippen LogP contribution in [0.2, 0.25) is 0 Å². The molecule has 7 heteroatoms. The number of ether oxygens (including phenoxy) is 1. The fourth-order valence-corrected chi connectivity index (χ4v) is 6.09. The molecule has 1 aliphatic carbocycles. The first-order valence-corrected chi connectivity index (χ1v) is 12.3. The van der Waals surface area contributed by atoms with Gasteiger partial charge in [-0.25, -0.2) is 4.79 Å². The Balaban J connectivity index is 1.60. The lowest BCUT2D eigenvalue weighted by Crippen LogP contribution is -2.34. The molecule has 1 aliphatic heterocycles. The Labute approximate surface area is 199 Å². The second kappa shape index (κ2) is 7.83. The van der Waals surface area contributed by atoms with Crippen molar-refractivity contribution in [3.63, 3.8) is 0 Å². The molecule has 1 unspecified atom stereocenters. The minimum Gasteiger partial charge on any atom is -0.497 e. The molecule has 0 radical (unpaired) electrons. The molecule has 1 atom stereocenters. The van der Waals surface area contributed by atoms with Gasteiger partial charge in [0.25, 0.3) is 0 Å². The first-order chi connectivity index (χ1) is 16.1. The molecule has 4 aromatic rings. The largest absolute Gasteiger partial charge is 0.497 e. The van der Waals surface area contributed by atoms with E-state index in [0.29, 0.717) is 12.1 Å². The zero-order chi connectivity index (χ0) is 22.7. The number of nitrogens with one attached hydrogen (secondary N) is 1. The predicted molar refractivity (Wildman–Crippen MR) is 132 cm³/mol. The second-order valence-corrected chi connectivity index (χ2v) is 10.1. The molecule has 2 aromatic heterocycles. The van der Waals surface area contributed by atoms with Gasteiger partial charge in [-0.1, -0.05) is 47.3 Å². The van der Waals surface area contributed by atoms with Gasteiger partial charge in [0.15, 0.2) is 0 Å². The van der Waals surface area contributed by atoms with Gasteiger partial charge in [-0.15, -0.1) is 0 Å². The van der Waals surface area contributed by atoms with Gasteiger partial charge in [0, 0.05) is 33.5 Å². The number of aromatic hydroxyl groups is 1. The molecule has 6 rings (SSSR count). The van der Waals surface area contributed by atoms with Crippen molar-refractivity contribution in [1.82, 2.24) is 14.1 Å². The molecule has 3 heterocycles. The van der Waals surface area contributed by atoms with E-state index in [2.05, 4.69) is 33.0 Å². The van der Waals surface area contributed by atoms with Gasteiger partial charge in [-0.05, 0) is 54.3 Å². The number of aromatic amines is 1. The third-order valence-electron chi connectivity index (χ3n) is 7.34. The lowest BCUT2D eigenvalue weighted by Gasteiger charge is -2.26. The molecule has 2 N–H and O–H groups in total. The van der Waals surface area contributed by atoms with E-state index in [1.165, 1.54) is 6.42 Å². The first-order valence-electron chi connectivity index (χ1n) is 11.6. The highest BCUT2D eigenvalue weighted by molar-refractivity contribution is 9.10. The number of hydrogen-bond acceptors (Lipinski definition) is 3. The summed E-state index contributed by atoms with van der Waals surface area (Å²) in [5, 5.41) is 12.5. The Morgan fingerprint density at radius 2 is 1.82 bits per heavy atom. The summed E-state index contributed by atoms with van der Waals surface area (Å²) in [6, 6.07) is 13.7. The normalized spacial score (nSPS) is 18.3. The zero-order valence-electron chi connectivity index (χ0n) is 18.5. The highest BCUT2D eigenvalue weighted by Gasteiger charge is 2.37. The van der Waals surface area contributed by atoms with Crippen molar-refractivity contribution in [3.8, 4) is 11.6 Å². The summed E-state index contributed by atoms with van der Waals surface area (Å²) in [7, 11) is 1.65. The second-order valence-electron chi connectivity index (χ2n) is 9.14. The summed E-state index contributed by atoms with van der Waals surface area (Å²) in [5.74, 6) is 0.894. The Hall–Kier alpha value is -2.93. The molecule has 0 saturated heterocycles. The van der Waals surface area contributed by atoms with Crippen LogP contribution in [-0.4, -0.2) is 26.3 Å². The summed E-state index contributed by atoms with van der Waals surface area (Å²) in [4.78, 5) is 17.4. The van der Waals surface area contributed by atoms with Gasteiger partial charge in [0.1, 0.15) is 11.8 Å². The first kappa shape index (κ1) is 20.7. The van der Waals surface area contributed by atoms with E-state index >= 15 is 0 Å². The van der Waals surface area contributed by atoms with Crippen molar-refractivity contribution in [2.75, 3.05) is 7.11 Å².